The van der Waals surface area contributed by atoms with E-state index in [2.05, 4.69) is 4.98 Å². The van der Waals surface area contributed by atoms with E-state index in [-0.39, 0.29) is 5.91 Å². The van der Waals surface area contributed by atoms with Gasteiger partial charge in [-0.1, -0.05) is 19.3 Å². The third-order valence-electron chi connectivity index (χ3n) is 5.31. The smallest absolute Gasteiger partial charge is 0.273 e. The molecule has 4 rings (SSSR count). The van der Waals surface area contributed by atoms with Gasteiger partial charge in [0.15, 0.2) is 10.8 Å². The van der Waals surface area contributed by atoms with Crippen LogP contribution in [0.25, 0.3) is 10.8 Å². The minimum atomic E-state index is 0.0978. The summed E-state index contributed by atoms with van der Waals surface area (Å²) in [5.41, 5.74) is 0.607. The van der Waals surface area contributed by atoms with E-state index >= 15 is 0 Å². The molecule has 2 aromatic heterocycles. The first-order chi connectivity index (χ1) is 11.2. The van der Waals surface area contributed by atoms with Crippen molar-refractivity contribution in [2.75, 3.05) is 13.1 Å². The Bertz CT molecular complexity index is 692. The average molecular weight is 330 g/mol. The minimum Gasteiger partial charge on any atom is -0.462 e. The molecular weight excluding hydrogens is 308 g/mol. The lowest BCUT2D eigenvalue weighted by molar-refractivity contribution is 0.0515. The first kappa shape index (κ1) is 14.9. The first-order valence-electron chi connectivity index (χ1n) is 8.53. The Morgan fingerprint density at radius 3 is 2.91 bits per heavy atom. The van der Waals surface area contributed by atoms with Crippen molar-refractivity contribution in [2.24, 2.45) is 11.8 Å². The summed E-state index contributed by atoms with van der Waals surface area (Å²) in [5, 5.41) is 0.795. The summed E-state index contributed by atoms with van der Waals surface area (Å²) >= 11 is 1.53. The molecule has 1 amide bonds. The van der Waals surface area contributed by atoms with Crippen molar-refractivity contribution < 1.29 is 9.21 Å². The SMILES string of the molecule is Cc1sc(-c2ccco2)nc1C(=O)N1CCC2CCCCC2C1. The summed E-state index contributed by atoms with van der Waals surface area (Å²) in [5.74, 6) is 2.37. The molecule has 122 valence electrons. The fourth-order valence-corrected chi connectivity index (χ4v) is 4.91. The Kier molecular flexibility index (Phi) is 3.97. The van der Waals surface area contributed by atoms with Gasteiger partial charge in [0.05, 0.1) is 6.26 Å². The summed E-state index contributed by atoms with van der Waals surface area (Å²) < 4.78 is 5.41. The number of carbonyl (C=O) groups is 1. The van der Waals surface area contributed by atoms with Crippen LogP contribution < -0.4 is 0 Å². The maximum Gasteiger partial charge on any atom is 0.273 e. The first-order valence-corrected chi connectivity index (χ1v) is 9.34. The van der Waals surface area contributed by atoms with Crippen molar-refractivity contribution in [1.82, 2.24) is 9.88 Å². The highest BCUT2D eigenvalue weighted by atomic mass is 32.1. The molecule has 2 fully saturated rings. The van der Waals surface area contributed by atoms with Crippen LogP contribution in [0.1, 0.15) is 47.5 Å². The predicted molar refractivity (Wildman–Crippen MR) is 90.5 cm³/mol. The van der Waals surface area contributed by atoms with Crippen LogP contribution in [0.3, 0.4) is 0 Å². The number of amides is 1. The van der Waals surface area contributed by atoms with Crippen molar-refractivity contribution in [3.63, 3.8) is 0 Å². The number of carbonyl (C=O) groups excluding carboxylic acids is 1. The van der Waals surface area contributed by atoms with E-state index in [0.29, 0.717) is 11.6 Å². The molecule has 23 heavy (non-hydrogen) atoms. The summed E-state index contributed by atoms with van der Waals surface area (Å²) in [6, 6.07) is 3.74. The Hall–Kier alpha value is -1.62. The van der Waals surface area contributed by atoms with Crippen molar-refractivity contribution >= 4 is 17.2 Å². The van der Waals surface area contributed by atoms with E-state index in [4.69, 9.17) is 4.42 Å². The van der Waals surface area contributed by atoms with Gasteiger partial charge in [-0.05, 0) is 43.7 Å². The second-order valence-corrected chi connectivity index (χ2v) is 7.95. The van der Waals surface area contributed by atoms with Gasteiger partial charge in [-0.3, -0.25) is 4.79 Å². The monoisotopic (exact) mass is 330 g/mol. The lowest BCUT2D eigenvalue weighted by Gasteiger charge is -2.41. The van der Waals surface area contributed by atoms with Crippen molar-refractivity contribution in [3.8, 4) is 10.8 Å². The number of nitrogens with zero attached hydrogens (tertiary/aromatic N) is 2. The fourth-order valence-electron chi connectivity index (χ4n) is 4.04. The lowest BCUT2D eigenvalue weighted by Crippen LogP contribution is -2.45. The number of aryl methyl sites for hydroxylation is 1. The Balaban J connectivity index is 1.53. The number of rotatable bonds is 2. The van der Waals surface area contributed by atoms with E-state index in [1.54, 1.807) is 6.26 Å². The number of aromatic nitrogens is 1. The van der Waals surface area contributed by atoms with Gasteiger partial charge in [0.1, 0.15) is 5.69 Å². The molecule has 1 saturated heterocycles. The molecule has 2 atom stereocenters. The minimum absolute atomic E-state index is 0.0978. The van der Waals surface area contributed by atoms with Crippen LogP contribution in [-0.2, 0) is 0 Å². The number of hydrogen-bond donors (Lipinski definition) is 0. The highest BCUT2D eigenvalue weighted by molar-refractivity contribution is 7.15. The molecule has 0 spiro atoms. The number of fused-ring (bicyclic) bond motifs is 1. The van der Waals surface area contributed by atoms with E-state index in [1.807, 2.05) is 24.0 Å². The van der Waals surface area contributed by atoms with Crippen LogP contribution in [0.15, 0.2) is 22.8 Å². The van der Waals surface area contributed by atoms with Crippen LogP contribution in [0, 0.1) is 18.8 Å². The Labute approximate surface area is 140 Å². The Morgan fingerprint density at radius 1 is 1.30 bits per heavy atom. The number of hydrogen-bond acceptors (Lipinski definition) is 4. The third kappa shape index (κ3) is 2.82. The molecule has 4 nitrogen and oxygen atoms in total. The zero-order chi connectivity index (χ0) is 15.8. The number of furan rings is 1. The summed E-state index contributed by atoms with van der Waals surface area (Å²) in [6.07, 6.45) is 8.12. The zero-order valence-electron chi connectivity index (χ0n) is 13.5. The van der Waals surface area contributed by atoms with Gasteiger partial charge >= 0.3 is 0 Å². The van der Waals surface area contributed by atoms with Gasteiger partial charge in [-0.2, -0.15) is 0 Å². The van der Waals surface area contributed by atoms with E-state index in [1.165, 1.54) is 37.0 Å². The molecule has 0 aromatic carbocycles. The van der Waals surface area contributed by atoms with Gasteiger partial charge in [0.2, 0.25) is 0 Å². The van der Waals surface area contributed by atoms with Gasteiger partial charge in [0.25, 0.3) is 5.91 Å². The molecule has 1 aliphatic carbocycles. The van der Waals surface area contributed by atoms with Crippen LogP contribution in [-0.4, -0.2) is 28.9 Å². The van der Waals surface area contributed by atoms with Crippen LogP contribution in [0.2, 0.25) is 0 Å². The second-order valence-electron chi connectivity index (χ2n) is 6.75. The van der Waals surface area contributed by atoms with Gasteiger partial charge in [-0.15, -0.1) is 11.3 Å². The van der Waals surface area contributed by atoms with E-state index < -0.39 is 0 Å². The molecule has 0 radical (unpaired) electrons. The van der Waals surface area contributed by atoms with E-state index in [9.17, 15) is 4.79 Å². The predicted octanol–water partition coefficient (Wildman–Crippen LogP) is 4.36. The summed E-state index contributed by atoms with van der Waals surface area (Å²) in [4.78, 5) is 20.5. The standard InChI is InChI=1S/C18H22N2O2S/c1-12-16(19-17(23-12)15-7-4-10-22-15)18(21)20-9-8-13-5-2-3-6-14(13)11-20/h4,7,10,13-14H,2-3,5-6,8-9,11H2,1H3. The maximum absolute atomic E-state index is 12.9. The van der Waals surface area contributed by atoms with Gasteiger partial charge in [0, 0.05) is 18.0 Å². The lowest BCUT2D eigenvalue weighted by atomic mass is 9.75. The maximum atomic E-state index is 12.9. The molecule has 5 heteroatoms. The van der Waals surface area contributed by atoms with Crippen molar-refractivity contribution in [3.05, 3.63) is 29.0 Å². The third-order valence-corrected chi connectivity index (χ3v) is 6.29. The molecule has 2 unspecified atom stereocenters. The quantitative estimate of drug-likeness (QED) is 0.821. The van der Waals surface area contributed by atoms with Crippen LogP contribution in [0.4, 0.5) is 0 Å². The molecule has 3 heterocycles. The summed E-state index contributed by atoms with van der Waals surface area (Å²) in [6.45, 7) is 3.77. The van der Waals surface area contributed by atoms with Crippen molar-refractivity contribution in [1.29, 1.82) is 0 Å². The molecule has 0 N–H and O–H groups in total. The number of piperidine rings is 1. The van der Waals surface area contributed by atoms with Gasteiger partial charge in [-0.25, -0.2) is 4.98 Å². The molecule has 1 saturated carbocycles. The number of likely N-dealkylation sites (tertiary alicyclic amines) is 1. The van der Waals surface area contributed by atoms with E-state index in [0.717, 1.165) is 41.1 Å². The largest absolute Gasteiger partial charge is 0.462 e. The molecule has 1 aliphatic heterocycles. The fraction of sp³-hybridized carbons (Fsp3) is 0.556. The van der Waals surface area contributed by atoms with Gasteiger partial charge < -0.3 is 9.32 Å². The zero-order valence-corrected chi connectivity index (χ0v) is 14.3. The Morgan fingerprint density at radius 2 is 2.13 bits per heavy atom. The highest BCUT2D eigenvalue weighted by Crippen LogP contribution is 2.37. The van der Waals surface area contributed by atoms with Crippen LogP contribution >= 0.6 is 11.3 Å². The molecule has 0 bridgehead atoms. The summed E-state index contributed by atoms with van der Waals surface area (Å²) in [7, 11) is 0. The average Bonchev–Trinajstić information content (AvgIpc) is 3.23. The molecular formula is C18H22N2O2S. The normalized spacial score (nSPS) is 24.5. The van der Waals surface area contributed by atoms with Crippen LogP contribution in [0.5, 0.6) is 0 Å². The number of thiazole rings is 1. The molecule has 2 aromatic rings. The molecule has 2 aliphatic rings. The topological polar surface area (TPSA) is 46.3 Å². The van der Waals surface area contributed by atoms with Crippen molar-refractivity contribution in [2.45, 2.75) is 39.0 Å². The second kappa shape index (κ2) is 6.11. The highest BCUT2D eigenvalue weighted by Gasteiger charge is 2.34.